The van der Waals surface area contributed by atoms with Crippen LogP contribution in [0.2, 0.25) is 0 Å². The molecule has 0 spiro atoms. The lowest BCUT2D eigenvalue weighted by molar-refractivity contribution is -0.124. The lowest BCUT2D eigenvalue weighted by atomic mass is 10.2. The largest absolute Gasteiger partial charge is 0.449 e. The second-order valence-corrected chi connectivity index (χ2v) is 7.19. The van der Waals surface area contributed by atoms with Gasteiger partial charge in [0.25, 0.3) is 5.91 Å². The van der Waals surface area contributed by atoms with Crippen LogP contribution < -0.4 is 5.32 Å². The fourth-order valence-electron chi connectivity index (χ4n) is 3.18. The quantitative estimate of drug-likeness (QED) is 0.240. The van der Waals surface area contributed by atoms with Gasteiger partial charge in [-0.15, -0.1) is 0 Å². The Balaban J connectivity index is 1.52. The molecule has 0 saturated carbocycles. The van der Waals surface area contributed by atoms with Crippen LogP contribution in [0.4, 0.5) is 23.2 Å². The van der Waals surface area contributed by atoms with E-state index in [2.05, 4.69) is 15.0 Å². The zero-order valence-corrected chi connectivity index (χ0v) is 17.5. The third-order valence-corrected chi connectivity index (χ3v) is 4.93. The molecule has 0 saturated heterocycles. The number of hydrogen-bond acceptors (Lipinski definition) is 5. The molecule has 0 aliphatic rings. The summed E-state index contributed by atoms with van der Waals surface area (Å²) in [4.78, 5) is 36.5. The predicted octanol–water partition coefficient (Wildman–Crippen LogP) is 4.76. The number of carbonyl (C=O) groups is 2. The number of rotatable bonds is 6. The molecule has 0 radical (unpaired) electrons. The van der Waals surface area contributed by atoms with Gasteiger partial charge >= 0.3 is 5.97 Å². The number of H-pyrrole nitrogens is 1. The van der Waals surface area contributed by atoms with Crippen LogP contribution in [0, 0.1) is 23.3 Å². The molecule has 174 valence electrons. The van der Waals surface area contributed by atoms with Crippen LogP contribution in [0.25, 0.3) is 22.4 Å². The summed E-state index contributed by atoms with van der Waals surface area (Å²) >= 11 is 0. The Morgan fingerprint density at radius 2 is 1.82 bits per heavy atom. The van der Waals surface area contributed by atoms with Crippen molar-refractivity contribution >= 4 is 28.6 Å². The number of pyridine rings is 1. The van der Waals surface area contributed by atoms with Crippen LogP contribution in [-0.4, -0.2) is 32.9 Å². The zero-order chi connectivity index (χ0) is 24.4. The summed E-state index contributed by atoms with van der Waals surface area (Å²) in [7, 11) is 0. The number of hydrogen-bond donors (Lipinski definition) is 2. The lowest BCUT2D eigenvalue weighted by Gasteiger charge is -2.17. The van der Waals surface area contributed by atoms with Gasteiger partial charge in [0.15, 0.2) is 29.4 Å². The maximum atomic E-state index is 13.9. The van der Waals surface area contributed by atoms with Crippen LogP contribution in [0.1, 0.15) is 23.7 Å². The van der Waals surface area contributed by atoms with E-state index in [4.69, 9.17) is 4.74 Å². The molecule has 0 fully saturated rings. The van der Waals surface area contributed by atoms with Gasteiger partial charge in [0.05, 0.1) is 16.6 Å². The Kier molecular flexibility index (Phi) is 6.26. The highest BCUT2D eigenvalue weighted by molar-refractivity contribution is 5.99. The maximum Gasteiger partial charge on any atom is 0.338 e. The van der Waals surface area contributed by atoms with Crippen molar-refractivity contribution in [1.82, 2.24) is 15.0 Å². The van der Waals surface area contributed by atoms with Crippen molar-refractivity contribution in [2.45, 2.75) is 19.4 Å². The molecular formula is C23H16F4N4O3. The summed E-state index contributed by atoms with van der Waals surface area (Å²) in [6, 6.07) is 8.05. The number of nitrogens with one attached hydrogen (secondary N) is 2. The number of amides is 1. The SMILES string of the molecule is CCC(OC(=O)c1ccc2nc(-c3cccnc3)[nH]c2c1)C(=O)Nc1c(F)c(F)cc(F)c1F. The van der Waals surface area contributed by atoms with E-state index in [0.717, 1.165) is 5.56 Å². The first-order valence-corrected chi connectivity index (χ1v) is 10.0. The molecule has 11 heteroatoms. The number of aromatic nitrogens is 3. The van der Waals surface area contributed by atoms with Gasteiger partial charge in [-0.05, 0) is 36.8 Å². The smallest absolute Gasteiger partial charge is 0.338 e. The standard InChI is InChI=1S/C23H16F4N4O3/c1-2-17(22(32)31-20-18(26)13(24)9-14(25)19(20)27)34-23(33)11-5-6-15-16(8-11)30-21(29-15)12-4-3-7-28-10-12/h3-10,17H,2H2,1H3,(H,29,30)(H,31,32). The number of imidazole rings is 1. The molecule has 7 nitrogen and oxygen atoms in total. The van der Waals surface area contributed by atoms with Crippen LogP contribution in [0.15, 0.2) is 48.8 Å². The zero-order valence-electron chi connectivity index (χ0n) is 17.5. The molecule has 2 aromatic heterocycles. The number of nitrogens with zero attached hydrogens (tertiary/aromatic N) is 2. The van der Waals surface area contributed by atoms with Crippen molar-refractivity contribution < 1.29 is 31.9 Å². The van der Waals surface area contributed by atoms with Gasteiger partial charge in [-0.2, -0.15) is 0 Å². The fraction of sp³-hybridized carbons (Fsp3) is 0.130. The molecule has 0 aliphatic heterocycles. The van der Waals surface area contributed by atoms with E-state index in [9.17, 15) is 27.2 Å². The summed E-state index contributed by atoms with van der Waals surface area (Å²) in [5.41, 5.74) is 0.594. The summed E-state index contributed by atoms with van der Waals surface area (Å²) in [5, 5.41) is 1.75. The minimum absolute atomic E-state index is 0.0168. The Morgan fingerprint density at radius 1 is 1.09 bits per heavy atom. The molecule has 2 aromatic carbocycles. The molecule has 4 rings (SSSR count). The first-order valence-electron chi connectivity index (χ1n) is 10.0. The van der Waals surface area contributed by atoms with Crippen LogP contribution in [-0.2, 0) is 9.53 Å². The highest BCUT2D eigenvalue weighted by atomic mass is 19.2. The lowest BCUT2D eigenvalue weighted by Crippen LogP contribution is -2.33. The normalized spacial score (nSPS) is 11.9. The average Bonchev–Trinajstić information content (AvgIpc) is 3.27. The molecule has 1 amide bonds. The first-order chi connectivity index (χ1) is 16.3. The molecule has 2 heterocycles. The van der Waals surface area contributed by atoms with Crippen LogP contribution in [0.3, 0.4) is 0 Å². The minimum Gasteiger partial charge on any atom is -0.449 e. The molecule has 2 N–H and O–H groups in total. The Labute approximate surface area is 189 Å². The predicted molar refractivity (Wildman–Crippen MR) is 114 cm³/mol. The van der Waals surface area contributed by atoms with E-state index < -0.39 is 46.9 Å². The van der Waals surface area contributed by atoms with Crippen molar-refractivity contribution in [1.29, 1.82) is 0 Å². The van der Waals surface area contributed by atoms with Crippen LogP contribution >= 0.6 is 0 Å². The number of anilines is 1. The highest BCUT2D eigenvalue weighted by Crippen LogP contribution is 2.25. The minimum atomic E-state index is -1.78. The molecule has 0 aliphatic carbocycles. The molecular weight excluding hydrogens is 456 g/mol. The molecule has 1 atom stereocenters. The monoisotopic (exact) mass is 472 g/mol. The van der Waals surface area contributed by atoms with Crippen molar-refractivity contribution in [3.8, 4) is 11.4 Å². The topological polar surface area (TPSA) is 97.0 Å². The number of ether oxygens (including phenoxy) is 1. The van der Waals surface area contributed by atoms with E-state index in [-0.39, 0.29) is 18.1 Å². The number of halogens is 4. The van der Waals surface area contributed by atoms with Gasteiger partial charge in [-0.3, -0.25) is 9.78 Å². The van der Waals surface area contributed by atoms with Crippen molar-refractivity contribution in [3.05, 3.63) is 77.6 Å². The summed E-state index contributed by atoms with van der Waals surface area (Å²) in [6.45, 7) is 1.48. The van der Waals surface area contributed by atoms with Crippen LogP contribution in [0.5, 0.6) is 0 Å². The number of aromatic amines is 1. The second kappa shape index (κ2) is 9.30. The Morgan fingerprint density at radius 3 is 2.47 bits per heavy atom. The van der Waals surface area contributed by atoms with E-state index in [1.54, 1.807) is 35.9 Å². The third kappa shape index (κ3) is 4.45. The number of esters is 1. The summed E-state index contributed by atoms with van der Waals surface area (Å²) < 4.78 is 59.7. The van der Waals surface area contributed by atoms with Crippen molar-refractivity contribution in [3.63, 3.8) is 0 Å². The second-order valence-electron chi connectivity index (χ2n) is 7.19. The number of fused-ring (bicyclic) bond motifs is 1. The van der Waals surface area contributed by atoms with Gasteiger partial charge in [0.1, 0.15) is 11.5 Å². The van der Waals surface area contributed by atoms with E-state index in [1.807, 2.05) is 0 Å². The molecule has 1 unspecified atom stereocenters. The van der Waals surface area contributed by atoms with Gasteiger partial charge in [-0.1, -0.05) is 6.92 Å². The van der Waals surface area contributed by atoms with E-state index in [0.29, 0.717) is 16.9 Å². The number of carbonyl (C=O) groups excluding carboxylic acids is 2. The fourth-order valence-corrected chi connectivity index (χ4v) is 3.18. The first kappa shape index (κ1) is 22.9. The van der Waals surface area contributed by atoms with Gasteiger partial charge < -0.3 is 15.0 Å². The van der Waals surface area contributed by atoms with E-state index in [1.165, 1.54) is 19.1 Å². The Hall–Kier alpha value is -4.28. The van der Waals surface area contributed by atoms with Gasteiger partial charge in [0, 0.05) is 24.0 Å². The third-order valence-electron chi connectivity index (χ3n) is 4.93. The average molecular weight is 472 g/mol. The van der Waals surface area contributed by atoms with E-state index >= 15 is 0 Å². The van der Waals surface area contributed by atoms with Crippen molar-refractivity contribution in [2.24, 2.45) is 0 Å². The molecule has 34 heavy (non-hydrogen) atoms. The van der Waals surface area contributed by atoms with Gasteiger partial charge in [-0.25, -0.2) is 27.3 Å². The van der Waals surface area contributed by atoms with Crippen molar-refractivity contribution in [2.75, 3.05) is 5.32 Å². The maximum absolute atomic E-state index is 13.9. The summed E-state index contributed by atoms with van der Waals surface area (Å²) in [6.07, 6.45) is 1.68. The molecule has 4 aromatic rings. The number of benzene rings is 2. The highest BCUT2D eigenvalue weighted by Gasteiger charge is 2.27. The summed E-state index contributed by atoms with van der Waals surface area (Å²) in [5.74, 6) is -8.43. The van der Waals surface area contributed by atoms with Gasteiger partial charge in [0.2, 0.25) is 0 Å². The Bertz CT molecular complexity index is 1370. The molecule has 0 bridgehead atoms.